The molecule has 1 aromatic carbocycles. The lowest BCUT2D eigenvalue weighted by Crippen LogP contribution is -2.27. The molecule has 0 fully saturated rings. The van der Waals surface area contributed by atoms with E-state index in [4.69, 9.17) is 5.73 Å². The summed E-state index contributed by atoms with van der Waals surface area (Å²) in [6.45, 7) is 4.10. The Morgan fingerprint density at radius 2 is 1.79 bits per heavy atom. The van der Waals surface area contributed by atoms with Crippen LogP contribution in [0.25, 0.3) is 11.3 Å². The van der Waals surface area contributed by atoms with Crippen molar-refractivity contribution in [2.24, 2.45) is 5.73 Å². The van der Waals surface area contributed by atoms with Crippen LogP contribution in [0.3, 0.4) is 0 Å². The molecular formula is C15H17FN2O. The van der Waals surface area contributed by atoms with Crippen LogP contribution in [0.1, 0.15) is 25.5 Å². The van der Waals surface area contributed by atoms with Gasteiger partial charge in [-0.15, -0.1) is 0 Å². The molecule has 0 amide bonds. The third kappa shape index (κ3) is 2.58. The number of benzene rings is 1. The van der Waals surface area contributed by atoms with Crippen molar-refractivity contribution in [3.63, 3.8) is 0 Å². The summed E-state index contributed by atoms with van der Waals surface area (Å²) in [5, 5.41) is 0. The lowest BCUT2D eigenvalue weighted by atomic mass is 10.1. The van der Waals surface area contributed by atoms with Crippen LogP contribution in [0.15, 0.2) is 41.2 Å². The van der Waals surface area contributed by atoms with Crippen molar-refractivity contribution in [3.8, 4) is 11.3 Å². The first-order chi connectivity index (χ1) is 9.04. The molecule has 0 saturated carbocycles. The van der Waals surface area contributed by atoms with Crippen molar-refractivity contribution in [3.05, 3.63) is 58.1 Å². The monoisotopic (exact) mass is 260 g/mol. The molecule has 0 aliphatic carbocycles. The maximum Gasteiger partial charge on any atom is 0.255 e. The maximum absolute atomic E-state index is 13.0. The van der Waals surface area contributed by atoms with Crippen molar-refractivity contribution >= 4 is 0 Å². The molecule has 0 saturated heterocycles. The van der Waals surface area contributed by atoms with E-state index in [2.05, 4.69) is 0 Å². The molecule has 0 aliphatic heterocycles. The molecular weight excluding hydrogens is 243 g/mol. The summed E-state index contributed by atoms with van der Waals surface area (Å²) in [5.41, 5.74) is 7.66. The number of nitrogens with two attached hydrogens (primary N) is 1. The minimum Gasteiger partial charge on any atom is -0.326 e. The lowest BCUT2D eigenvalue weighted by molar-refractivity contribution is 0.579. The highest BCUT2D eigenvalue weighted by Gasteiger charge is 2.12. The van der Waals surface area contributed by atoms with Crippen molar-refractivity contribution in [1.29, 1.82) is 0 Å². The highest BCUT2D eigenvalue weighted by Crippen LogP contribution is 2.21. The fraction of sp³-hybridized carbons (Fsp3) is 0.267. The minimum absolute atomic E-state index is 0.0130. The molecule has 3 nitrogen and oxygen atoms in total. The second kappa shape index (κ2) is 5.36. The molecule has 0 aliphatic rings. The van der Waals surface area contributed by atoms with E-state index in [0.29, 0.717) is 5.56 Å². The summed E-state index contributed by atoms with van der Waals surface area (Å²) in [6, 6.07) is 9.73. The second-order valence-corrected chi connectivity index (χ2v) is 4.72. The van der Waals surface area contributed by atoms with E-state index in [1.807, 2.05) is 19.9 Å². The molecule has 2 aromatic rings. The van der Waals surface area contributed by atoms with Gasteiger partial charge in [0.25, 0.3) is 5.56 Å². The van der Waals surface area contributed by atoms with E-state index in [9.17, 15) is 9.18 Å². The Labute approximate surface area is 111 Å². The zero-order valence-electron chi connectivity index (χ0n) is 11.1. The van der Waals surface area contributed by atoms with Crippen LogP contribution in [0, 0.1) is 5.82 Å². The van der Waals surface area contributed by atoms with Gasteiger partial charge in [0, 0.05) is 18.2 Å². The van der Waals surface area contributed by atoms with E-state index < -0.39 is 0 Å². The molecule has 0 unspecified atom stereocenters. The fourth-order valence-electron chi connectivity index (χ4n) is 2.12. The van der Waals surface area contributed by atoms with Gasteiger partial charge in [0.05, 0.1) is 5.69 Å². The summed E-state index contributed by atoms with van der Waals surface area (Å²) in [7, 11) is 0. The van der Waals surface area contributed by atoms with Crippen LogP contribution < -0.4 is 11.3 Å². The average molecular weight is 260 g/mol. The molecule has 2 rings (SSSR count). The van der Waals surface area contributed by atoms with Crippen LogP contribution in [-0.2, 0) is 6.54 Å². The quantitative estimate of drug-likeness (QED) is 0.922. The Bertz CT molecular complexity index is 630. The first-order valence-corrected chi connectivity index (χ1v) is 6.25. The Morgan fingerprint density at radius 3 is 2.32 bits per heavy atom. The van der Waals surface area contributed by atoms with Crippen molar-refractivity contribution in [1.82, 2.24) is 4.57 Å². The van der Waals surface area contributed by atoms with E-state index in [0.717, 1.165) is 11.3 Å². The highest BCUT2D eigenvalue weighted by molar-refractivity contribution is 5.60. The first kappa shape index (κ1) is 13.5. The van der Waals surface area contributed by atoms with Crippen molar-refractivity contribution < 1.29 is 4.39 Å². The number of pyridine rings is 1. The van der Waals surface area contributed by atoms with Crippen molar-refractivity contribution in [2.45, 2.75) is 26.4 Å². The van der Waals surface area contributed by atoms with Crippen LogP contribution in [-0.4, -0.2) is 4.57 Å². The normalized spacial score (nSPS) is 11.0. The summed E-state index contributed by atoms with van der Waals surface area (Å²) in [6.07, 6.45) is 0. The predicted octanol–water partition coefficient (Wildman–Crippen LogP) is 2.69. The zero-order chi connectivity index (χ0) is 14.0. The first-order valence-electron chi connectivity index (χ1n) is 6.25. The average Bonchev–Trinajstić information content (AvgIpc) is 2.38. The molecule has 1 aromatic heterocycles. The summed E-state index contributed by atoms with van der Waals surface area (Å²) < 4.78 is 14.7. The van der Waals surface area contributed by atoms with Gasteiger partial charge in [0.2, 0.25) is 0 Å². The summed E-state index contributed by atoms with van der Waals surface area (Å²) >= 11 is 0. The van der Waals surface area contributed by atoms with E-state index in [1.54, 1.807) is 22.8 Å². The van der Waals surface area contributed by atoms with Gasteiger partial charge in [0.1, 0.15) is 5.82 Å². The summed E-state index contributed by atoms with van der Waals surface area (Å²) in [5.74, 6) is -0.291. The van der Waals surface area contributed by atoms with Crippen LogP contribution in [0.2, 0.25) is 0 Å². The highest BCUT2D eigenvalue weighted by atomic mass is 19.1. The molecule has 0 bridgehead atoms. The third-order valence-electron chi connectivity index (χ3n) is 3.07. The molecule has 2 N–H and O–H groups in total. The number of halogens is 1. The van der Waals surface area contributed by atoms with Gasteiger partial charge in [-0.05, 0) is 49.7 Å². The number of nitrogens with zero attached hydrogens (tertiary/aromatic N) is 1. The smallest absolute Gasteiger partial charge is 0.255 e. The van der Waals surface area contributed by atoms with E-state index >= 15 is 0 Å². The van der Waals surface area contributed by atoms with Gasteiger partial charge in [0.15, 0.2) is 0 Å². The molecule has 19 heavy (non-hydrogen) atoms. The molecule has 0 atom stereocenters. The van der Waals surface area contributed by atoms with Gasteiger partial charge < -0.3 is 10.3 Å². The second-order valence-electron chi connectivity index (χ2n) is 4.72. The largest absolute Gasteiger partial charge is 0.326 e. The van der Waals surface area contributed by atoms with Crippen LogP contribution in [0.4, 0.5) is 4.39 Å². The predicted molar refractivity (Wildman–Crippen MR) is 74.4 cm³/mol. The number of aromatic nitrogens is 1. The Hall–Kier alpha value is -1.94. The number of rotatable bonds is 3. The van der Waals surface area contributed by atoms with Gasteiger partial charge in [-0.1, -0.05) is 6.07 Å². The molecule has 1 heterocycles. The Morgan fingerprint density at radius 1 is 1.16 bits per heavy atom. The van der Waals surface area contributed by atoms with Gasteiger partial charge >= 0.3 is 0 Å². The van der Waals surface area contributed by atoms with Crippen LogP contribution in [0.5, 0.6) is 0 Å². The summed E-state index contributed by atoms with van der Waals surface area (Å²) in [4.78, 5) is 12.3. The molecule has 0 spiro atoms. The van der Waals surface area contributed by atoms with E-state index in [-0.39, 0.29) is 24.0 Å². The van der Waals surface area contributed by atoms with Crippen molar-refractivity contribution in [2.75, 3.05) is 0 Å². The Balaban J connectivity index is 2.67. The molecule has 100 valence electrons. The lowest BCUT2D eigenvalue weighted by Gasteiger charge is -2.17. The molecule has 4 heteroatoms. The van der Waals surface area contributed by atoms with Crippen LogP contribution >= 0.6 is 0 Å². The standard InChI is InChI=1S/C15H17FN2O/c1-10(2)18-14(8-5-12(9-17)15(18)19)11-3-6-13(16)7-4-11/h3-8,10H,9,17H2,1-2H3. The fourth-order valence-corrected chi connectivity index (χ4v) is 2.12. The van der Waals surface area contributed by atoms with Gasteiger partial charge in [-0.3, -0.25) is 4.79 Å². The van der Waals surface area contributed by atoms with E-state index in [1.165, 1.54) is 12.1 Å². The number of hydrogen-bond acceptors (Lipinski definition) is 2. The third-order valence-corrected chi connectivity index (χ3v) is 3.07. The van der Waals surface area contributed by atoms with Gasteiger partial charge in [-0.2, -0.15) is 0 Å². The Kier molecular flexibility index (Phi) is 3.81. The number of hydrogen-bond donors (Lipinski definition) is 1. The van der Waals surface area contributed by atoms with Gasteiger partial charge in [-0.25, -0.2) is 4.39 Å². The molecule has 0 radical (unpaired) electrons. The topological polar surface area (TPSA) is 48.0 Å². The maximum atomic E-state index is 13.0. The SMILES string of the molecule is CC(C)n1c(-c2ccc(F)cc2)ccc(CN)c1=O. The zero-order valence-corrected chi connectivity index (χ0v) is 11.1. The minimum atomic E-state index is -0.291.